The zero-order chi connectivity index (χ0) is 17.3. The minimum atomic E-state index is -3.79. The van der Waals surface area contributed by atoms with Gasteiger partial charge in [-0.1, -0.05) is 41.9 Å². The van der Waals surface area contributed by atoms with Crippen molar-refractivity contribution in [1.29, 1.82) is 0 Å². The van der Waals surface area contributed by atoms with Crippen LogP contribution < -0.4 is 4.72 Å². The van der Waals surface area contributed by atoms with E-state index in [1.807, 2.05) is 35.9 Å². The number of aromatic nitrogens is 1. The van der Waals surface area contributed by atoms with Gasteiger partial charge in [-0.2, -0.15) is 0 Å². The molecule has 126 valence electrons. The molecule has 24 heavy (non-hydrogen) atoms. The Kier molecular flexibility index (Phi) is 4.64. The number of fused-ring (bicyclic) bond motifs is 1. The fraction of sp³-hybridized carbons (Fsp3) is 0.176. The van der Waals surface area contributed by atoms with Crippen LogP contribution in [0.5, 0.6) is 0 Å². The van der Waals surface area contributed by atoms with E-state index >= 15 is 0 Å². The van der Waals surface area contributed by atoms with Crippen molar-refractivity contribution in [2.75, 3.05) is 6.54 Å². The summed E-state index contributed by atoms with van der Waals surface area (Å²) in [4.78, 5) is -0.00298. The largest absolute Gasteiger partial charge is 0.387 e. The number of sulfonamides is 1. The van der Waals surface area contributed by atoms with Crippen LogP contribution in [0, 0.1) is 0 Å². The molecular weight excluding hydrogens is 348 g/mol. The summed E-state index contributed by atoms with van der Waals surface area (Å²) >= 11 is 5.94. The van der Waals surface area contributed by atoms with E-state index in [0.29, 0.717) is 5.56 Å². The molecule has 0 amide bonds. The van der Waals surface area contributed by atoms with Gasteiger partial charge in [0.1, 0.15) is 4.90 Å². The number of benzene rings is 2. The quantitative estimate of drug-likeness (QED) is 0.731. The van der Waals surface area contributed by atoms with Crippen LogP contribution in [-0.4, -0.2) is 24.6 Å². The maximum atomic E-state index is 12.3. The molecule has 0 saturated carbocycles. The summed E-state index contributed by atoms with van der Waals surface area (Å²) in [5, 5.41) is 11.5. The molecule has 0 aliphatic carbocycles. The van der Waals surface area contributed by atoms with E-state index in [9.17, 15) is 13.5 Å². The van der Waals surface area contributed by atoms with Crippen LogP contribution in [0.3, 0.4) is 0 Å². The monoisotopic (exact) mass is 364 g/mol. The summed E-state index contributed by atoms with van der Waals surface area (Å²) in [7, 11) is -1.91. The first-order valence-corrected chi connectivity index (χ1v) is 9.22. The number of halogens is 1. The molecule has 0 radical (unpaired) electrons. The van der Waals surface area contributed by atoms with Crippen LogP contribution >= 0.6 is 11.6 Å². The molecule has 0 saturated heterocycles. The first-order chi connectivity index (χ1) is 11.4. The average molecular weight is 365 g/mol. The molecule has 0 aliphatic rings. The van der Waals surface area contributed by atoms with Gasteiger partial charge in [-0.25, -0.2) is 13.1 Å². The zero-order valence-corrected chi connectivity index (χ0v) is 14.6. The third-order valence-corrected chi connectivity index (χ3v) is 5.80. The van der Waals surface area contributed by atoms with E-state index in [2.05, 4.69) is 4.72 Å². The van der Waals surface area contributed by atoms with Gasteiger partial charge < -0.3 is 9.67 Å². The van der Waals surface area contributed by atoms with Gasteiger partial charge in [0, 0.05) is 36.3 Å². The van der Waals surface area contributed by atoms with Gasteiger partial charge in [0.25, 0.3) is 0 Å². The average Bonchev–Trinajstić information content (AvgIpc) is 2.90. The SMILES string of the molecule is Cn1cc([C@@H](O)CNS(=O)(=O)c2ccccc2Cl)c2ccccc21. The number of hydrogen-bond acceptors (Lipinski definition) is 3. The smallest absolute Gasteiger partial charge is 0.242 e. The number of para-hydroxylation sites is 1. The summed E-state index contributed by atoms with van der Waals surface area (Å²) in [6, 6.07) is 13.8. The van der Waals surface area contributed by atoms with E-state index in [0.717, 1.165) is 10.9 Å². The molecule has 0 fully saturated rings. The molecule has 0 bridgehead atoms. The van der Waals surface area contributed by atoms with Crippen molar-refractivity contribution in [2.24, 2.45) is 7.05 Å². The van der Waals surface area contributed by atoms with Gasteiger partial charge in [-0.05, 0) is 18.2 Å². The molecule has 1 atom stereocenters. The minimum Gasteiger partial charge on any atom is -0.387 e. The molecule has 7 heteroatoms. The van der Waals surface area contributed by atoms with E-state index in [1.54, 1.807) is 18.3 Å². The Morgan fingerprint density at radius 2 is 1.83 bits per heavy atom. The Balaban J connectivity index is 1.82. The molecule has 0 aliphatic heterocycles. The van der Waals surface area contributed by atoms with Crippen LogP contribution in [0.25, 0.3) is 10.9 Å². The fourth-order valence-electron chi connectivity index (χ4n) is 2.68. The van der Waals surface area contributed by atoms with Crippen molar-refractivity contribution in [3.63, 3.8) is 0 Å². The normalized spacial score (nSPS) is 13.3. The second kappa shape index (κ2) is 6.57. The fourth-order valence-corrected chi connectivity index (χ4v) is 4.23. The van der Waals surface area contributed by atoms with Crippen molar-refractivity contribution >= 4 is 32.5 Å². The predicted molar refractivity (Wildman–Crippen MR) is 94.5 cm³/mol. The Hall–Kier alpha value is -1.86. The van der Waals surface area contributed by atoms with Gasteiger partial charge in [-0.15, -0.1) is 0 Å². The molecule has 2 N–H and O–H groups in total. The van der Waals surface area contributed by atoms with Gasteiger partial charge in [-0.3, -0.25) is 0 Å². The minimum absolute atomic E-state index is 0.00298. The van der Waals surface area contributed by atoms with Crippen molar-refractivity contribution < 1.29 is 13.5 Å². The lowest BCUT2D eigenvalue weighted by atomic mass is 10.1. The number of aliphatic hydroxyl groups excluding tert-OH is 1. The highest BCUT2D eigenvalue weighted by atomic mass is 35.5. The summed E-state index contributed by atoms with van der Waals surface area (Å²) < 4.78 is 29.0. The van der Waals surface area contributed by atoms with Gasteiger partial charge in [0.05, 0.1) is 11.1 Å². The second-order valence-corrected chi connectivity index (χ2v) is 7.65. The highest BCUT2D eigenvalue weighted by Gasteiger charge is 2.21. The first-order valence-electron chi connectivity index (χ1n) is 7.36. The number of aliphatic hydroxyl groups is 1. The van der Waals surface area contributed by atoms with E-state index < -0.39 is 16.1 Å². The topological polar surface area (TPSA) is 71.3 Å². The lowest BCUT2D eigenvalue weighted by Crippen LogP contribution is -2.28. The number of rotatable bonds is 5. The van der Waals surface area contributed by atoms with Crippen molar-refractivity contribution in [2.45, 2.75) is 11.0 Å². The van der Waals surface area contributed by atoms with Crippen LogP contribution in [0.4, 0.5) is 0 Å². The zero-order valence-electron chi connectivity index (χ0n) is 13.0. The number of nitrogens with one attached hydrogen (secondary N) is 1. The maximum absolute atomic E-state index is 12.3. The van der Waals surface area contributed by atoms with Crippen molar-refractivity contribution in [3.8, 4) is 0 Å². The van der Waals surface area contributed by atoms with Gasteiger partial charge >= 0.3 is 0 Å². The summed E-state index contributed by atoms with van der Waals surface area (Å²) in [6.45, 7) is -0.137. The predicted octanol–water partition coefficient (Wildman–Crippen LogP) is 2.84. The van der Waals surface area contributed by atoms with Crippen molar-refractivity contribution in [1.82, 2.24) is 9.29 Å². The second-order valence-electron chi connectivity index (χ2n) is 5.51. The highest BCUT2D eigenvalue weighted by Crippen LogP contribution is 2.26. The third kappa shape index (κ3) is 3.18. The van der Waals surface area contributed by atoms with Crippen LogP contribution in [0.2, 0.25) is 5.02 Å². The maximum Gasteiger partial charge on any atom is 0.242 e. The third-order valence-electron chi connectivity index (χ3n) is 3.88. The lowest BCUT2D eigenvalue weighted by Gasteiger charge is -2.12. The Morgan fingerprint density at radius 1 is 1.17 bits per heavy atom. The first kappa shape index (κ1) is 17.0. The van der Waals surface area contributed by atoms with Gasteiger partial charge in [0.2, 0.25) is 10.0 Å². The molecule has 3 rings (SSSR count). The number of aryl methyl sites for hydroxylation is 1. The van der Waals surface area contributed by atoms with E-state index in [4.69, 9.17) is 11.6 Å². The summed E-state index contributed by atoms with van der Waals surface area (Å²) in [6.07, 6.45) is 0.840. The molecule has 1 aromatic heterocycles. The van der Waals surface area contributed by atoms with Crippen LogP contribution in [0.15, 0.2) is 59.6 Å². The van der Waals surface area contributed by atoms with Gasteiger partial charge in [0.15, 0.2) is 0 Å². The molecule has 0 spiro atoms. The Labute approximate surface area is 145 Å². The molecule has 1 heterocycles. The van der Waals surface area contributed by atoms with E-state index in [-0.39, 0.29) is 16.5 Å². The summed E-state index contributed by atoms with van der Waals surface area (Å²) in [5.41, 5.74) is 1.65. The standard InChI is InChI=1S/C17H17ClN2O3S/c1-20-11-13(12-6-2-4-8-15(12)20)16(21)10-19-24(22,23)17-9-5-3-7-14(17)18/h2-9,11,16,19,21H,10H2,1H3/t16-/m0/s1. The number of nitrogens with zero attached hydrogens (tertiary/aromatic N) is 1. The van der Waals surface area contributed by atoms with Crippen LogP contribution in [-0.2, 0) is 17.1 Å². The Bertz CT molecular complexity index is 982. The van der Waals surface area contributed by atoms with Crippen molar-refractivity contribution in [3.05, 3.63) is 65.3 Å². The Morgan fingerprint density at radius 3 is 2.58 bits per heavy atom. The molecular formula is C17H17ClN2O3S. The highest BCUT2D eigenvalue weighted by molar-refractivity contribution is 7.89. The summed E-state index contributed by atoms with van der Waals surface area (Å²) in [5.74, 6) is 0. The molecule has 3 aromatic rings. The number of hydrogen-bond donors (Lipinski definition) is 2. The van der Waals surface area contributed by atoms with E-state index in [1.165, 1.54) is 12.1 Å². The lowest BCUT2D eigenvalue weighted by molar-refractivity contribution is 0.183. The molecule has 5 nitrogen and oxygen atoms in total. The molecule has 0 unspecified atom stereocenters. The molecule has 2 aromatic carbocycles. The van der Waals surface area contributed by atoms with Crippen LogP contribution in [0.1, 0.15) is 11.7 Å².